The van der Waals surface area contributed by atoms with Crippen LogP contribution in [-0.4, -0.2) is 30.8 Å². The number of esters is 1. The van der Waals surface area contributed by atoms with Gasteiger partial charge < -0.3 is 15.2 Å². The molecule has 0 bridgehead atoms. The normalized spacial score (nSPS) is 14.0. The minimum Gasteiger partial charge on any atom is -0.469 e. The third-order valence-electron chi connectivity index (χ3n) is 3.27. The molecule has 2 atom stereocenters. The van der Waals surface area contributed by atoms with Crippen LogP contribution >= 0.6 is 0 Å². The monoisotopic (exact) mass is 297 g/mol. The van der Waals surface area contributed by atoms with Crippen LogP contribution in [0.3, 0.4) is 0 Å². The molecule has 118 valence electrons. The average molecular weight is 297 g/mol. The van der Waals surface area contributed by atoms with E-state index < -0.39 is 6.10 Å². The van der Waals surface area contributed by atoms with Crippen LogP contribution in [-0.2, 0) is 9.53 Å². The smallest absolute Gasteiger partial charge is 0.305 e. The molecule has 0 aliphatic heterocycles. The summed E-state index contributed by atoms with van der Waals surface area (Å²) in [5, 5.41) is 13.7. The maximum atomic E-state index is 12.9. The minimum absolute atomic E-state index is 0.227. The highest BCUT2D eigenvalue weighted by atomic mass is 19.1. The zero-order valence-corrected chi connectivity index (χ0v) is 12.8. The molecule has 0 amide bonds. The predicted molar refractivity (Wildman–Crippen MR) is 79.2 cm³/mol. The van der Waals surface area contributed by atoms with Gasteiger partial charge in [-0.05, 0) is 36.6 Å². The van der Waals surface area contributed by atoms with Crippen molar-refractivity contribution in [3.8, 4) is 0 Å². The van der Waals surface area contributed by atoms with Crippen molar-refractivity contribution in [3.63, 3.8) is 0 Å². The number of rotatable bonds is 8. The topological polar surface area (TPSA) is 58.6 Å². The third-order valence-corrected chi connectivity index (χ3v) is 3.27. The Kier molecular flexibility index (Phi) is 7.32. The number of aliphatic hydroxyl groups excluding tert-OH is 1. The van der Waals surface area contributed by atoms with E-state index >= 15 is 0 Å². The van der Waals surface area contributed by atoms with Crippen LogP contribution in [0, 0.1) is 11.7 Å². The highest BCUT2D eigenvalue weighted by Gasteiger charge is 2.22. The highest BCUT2D eigenvalue weighted by molar-refractivity contribution is 5.69. The molecule has 0 aromatic heterocycles. The van der Waals surface area contributed by atoms with E-state index in [9.17, 15) is 14.3 Å². The van der Waals surface area contributed by atoms with E-state index in [2.05, 4.69) is 23.9 Å². The first-order valence-electron chi connectivity index (χ1n) is 7.17. The number of ether oxygens (including phenoxy) is 1. The average Bonchev–Trinajstić information content (AvgIpc) is 2.46. The SMILES string of the molecule is COC(=O)CCC(NCC(C)C)C(O)c1ccc(F)cc1. The molecule has 21 heavy (non-hydrogen) atoms. The molecule has 2 N–H and O–H groups in total. The van der Waals surface area contributed by atoms with E-state index in [1.807, 2.05) is 0 Å². The zero-order chi connectivity index (χ0) is 15.8. The fourth-order valence-electron chi connectivity index (χ4n) is 2.03. The van der Waals surface area contributed by atoms with Gasteiger partial charge in [-0.3, -0.25) is 4.79 Å². The molecule has 0 saturated carbocycles. The summed E-state index contributed by atoms with van der Waals surface area (Å²) in [7, 11) is 1.34. The number of hydrogen-bond donors (Lipinski definition) is 2. The predicted octanol–water partition coefficient (Wildman–Crippen LogP) is 2.43. The van der Waals surface area contributed by atoms with Gasteiger partial charge in [0.15, 0.2) is 0 Å². The molecule has 4 nitrogen and oxygen atoms in total. The Morgan fingerprint density at radius 2 is 1.95 bits per heavy atom. The first-order chi connectivity index (χ1) is 9.93. The van der Waals surface area contributed by atoms with Gasteiger partial charge in [-0.25, -0.2) is 4.39 Å². The molecule has 0 saturated heterocycles. The second-order valence-corrected chi connectivity index (χ2v) is 5.52. The lowest BCUT2D eigenvalue weighted by Gasteiger charge is -2.25. The van der Waals surface area contributed by atoms with Gasteiger partial charge >= 0.3 is 5.97 Å². The van der Waals surface area contributed by atoms with Crippen molar-refractivity contribution in [2.45, 2.75) is 38.8 Å². The van der Waals surface area contributed by atoms with Crippen LogP contribution in [0.15, 0.2) is 24.3 Å². The second kappa shape index (κ2) is 8.74. The molecule has 0 aliphatic carbocycles. The van der Waals surface area contributed by atoms with Crippen LogP contribution in [0.25, 0.3) is 0 Å². The summed E-state index contributed by atoms with van der Waals surface area (Å²) in [6.07, 6.45) is -0.114. The quantitative estimate of drug-likeness (QED) is 0.724. The van der Waals surface area contributed by atoms with Gasteiger partial charge in [-0.1, -0.05) is 26.0 Å². The van der Waals surface area contributed by atoms with Gasteiger partial charge in [0.05, 0.1) is 13.2 Å². The Balaban J connectivity index is 2.72. The number of aliphatic hydroxyl groups is 1. The standard InChI is InChI=1S/C16H24FNO3/c1-11(2)10-18-14(8-9-15(19)21-3)16(20)12-4-6-13(17)7-5-12/h4-7,11,14,16,18,20H,8-10H2,1-3H3. The van der Waals surface area contributed by atoms with Crippen molar-refractivity contribution in [2.75, 3.05) is 13.7 Å². The van der Waals surface area contributed by atoms with Crippen molar-refractivity contribution in [1.29, 1.82) is 0 Å². The van der Waals surface area contributed by atoms with Gasteiger partial charge in [0.25, 0.3) is 0 Å². The Morgan fingerprint density at radius 3 is 2.48 bits per heavy atom. The molecule has 5 heteroatoms. The lowest BCUT2D eigenvalue weighted by Crippen LogP contribution is -2.37. The highest BCUT2D eigenvalue weighted by Crippen LogP contribution is 2.21. The Hall–Kier alpha value is -1.46. The van der Waals surface area contributed by atoms with Gasteiger partial charge in [0.2, 0.25) is 0 Å². The van der Waals surface area contributed by atoms with E-state index in [0.29, 0.717) is 17.9 Å². The van der Waals surface area contributed by atoms with Crippen LogP contribution in [0.5, 0.6) is 0 Å². The number of halogens is 1. The summed E-state index contributed by atoms with van der Waals surface area (Å²) in [5.74, 6) is -0.226. The van der Waals surface area contributed by atoms with Gasteiger partial charge in [-0.2, -0.15) is 0 Å². The fraction of sp³-hybridized carbons (Fsp3) is 0.562. The summed E-state index contributed by atoms with van der Waals surface area (Å²) in [6.45, 7) is 4.85. The minimum atomic E-state index is -0.797. The largest absolute Gasteiger partial charge is 0.469 e. The van der Waals surface area contributed by atoms with Crippen LogP contribution < -0.4 is 5.32 Å². The molecule has 1 rings (SSSR count). The number of carbonyl (C=O) groups excluding carboxylic acids is 1. The number of hydrogen-bond acceptors (Lipinski definition) is 4. The fourth-order valence-corrected chi connectivity index (χ4v) is 2.03. The Labute approximate surface area is 125 Å². The molecule has 1 aromatic rings. The van der Waals surface area contributed by atoms with Crippen molar-refractivity contribution in [2.24, 2.45) is 5.92 Å². The third kappa shape index (κ3) is 6.23. The van der Waals surface area contributed by atoms with Crippen LogP contribution in [0.1, 0.15) is 38.4 Å². The van der Waals surface area contributed by atoms with E-state index in [4.69, 9.17) is 0 Å². The van der Waals surface area contributed by atoms with Crippen molar-refractivity contribution in [3.05, 3.63) is 35.6 Å². The maximum absolute atomic E-state index is 12.9. The number of benzene rings is 1. The molecular formula is C16H24FNO3. The summed E-state index contributed by atoms with van der Waals surface area (Å²) in [5.41, 5.74) is 0.627. The molecule has 0 heterocycles. The first-order valence-corrected chi connectivity index (χ1v) is 7.17. The lowest BCUT2D eigenvalue weighted by molar-refractivity contribution is -0.141. The van der Waals surface area contributed by atoms with Crippen LogP contribution in [0.4, 0.5) is 4.39 Å². The summed E-state index contributed by atoms with van der Waals surface area (Å²) in [6, 6.07) is 5.47. The van der Waals surface area contributed by atoms with Crippen molar-refractivity contribution in [1.82, 2.24) is 5.32 Å². The number of nitrogens with one attached hydrogen (secondary N) is 1. The van der Waals surface area contributed by atoms with Crippen LogP contribution in [0.2, 0.25) is 0 Å². The maximum Gasteiger partial charge on any atom is 0.305 e. The number of methoxy groups -OCH3 is 1. The molecular weight excluding hydrogens is 273 g/mol. The Bertz CT molecular complexity index is 434. The first kappa shape index (κ1) is 17.6. The molecule has 0 fully saturated rings. The molecule has 2 unspecified atom stereocenters. The van der Waals surface area contributed by atoms with Gasteiger partial charge in [0, 0.05) is 12.5 Å². The van der Waals surface area contributed by atoms with Crippen molar-refractivity contribution < 1.29 is 19.0 Å². The number of carbonyl (C=O) groups is 1. The van der Waals surface area contributed by atoms with E-state index in [0.717, 1.165) is 6.54 Å². The Morgan fingerprint density at radius 1 is 1.33 bits per heavy atom. The molecule has 1 aromatic carbocycles. The summed E-state index contributed by atoms with van der Waals surface area (Å²) in [4.78, 5) is 11.3. The lowest BCUT2D eigenvalue weighted by atomic mass is 9.97. The second-order valence-electron chi connectivity index (χ2n) is 5.52. The van der Waals surface area contributed by atoms with E-state index in [-0.39, 0.29) is 24.2 Å². The zero-order valence-electron chi connectivity index (χ0n) is 12.8. The van der Waals surface area contributed by atoms with Crippen molar-refractivity contribution >= 4 is 5.97 Å². The molecule has 0 aliphatic rings. The summed E-state index contributed by atoms with van der Waals surface area (Å²) < 4.78 is 17.6. The van der Waals surface area contributed by atoms with Gasteiger partial charge in [0.1, 0.15) is 5.82 Å². The van der Waals surface area contributed by atoms with Gasteiger partial charge in [-0.15, -0.1) is 0 Å². The molecule has 0 radical (unpaired) electrons. The summed E-state index contributed by atoms with van der Waals surface area (Å²) >= 11 is 0. The van der Waals surface area contributed by atoms with E-state index in [1.54, 1.807) is 12.1 Å². The van der Waals surface area contributed by atoms with E-state index in [1.165, 1.54) is 19.2 Å². The molecule has 0 spiro atoms.